The Hall–Kier alpha value is -0.630. The molecule has 0 aromatic heterocycles. The van der Waals surface area contributed by atoms with E-state index >= 15 is 0 Å². The van der Waals surface area contributed by atoms with Crippen LogP contribution in [0.4, 0.5) is 0 Å². The van der Waals surface area contributed by atoms with Gasteiger partial charge >= 0.3 is 0 Å². The Morgan fingerprint density at radius 3 is 2.75 bits per heavy atom. The lowest BCUT2D eigenvalue weighted by Gasteiger charge is -2.25. The molecule has 2 nitrogen and oxygen atoms in total. The molecule has 16 heavy (non-hydrogen) atoms. The van der Waals surface area contributed by atoms with Gasteiger partial charge in [0, 0.05) is 19.5 Å². The zero-order valence-corrected chi connectivity index (χ0v) is 11.0. The summed E-state index contributed by atoms with van der Waals surface area (Å²) in [5, 5.41) is 0. The van der Waals surface area contributed by atoms with Crippen LogP contribution in [0.3, 0.4) is 0 Å². The number of Topliss-reactive ketones (excluding diaryl/α,β-unsaturated/α-hetero) is 1. The summed E-state index contributed by atoms with van der Waals surface area (Å²) in [6.45, 7) is 9.69. The molecule has 0 N–H and O–H groups in total. The minimum atomic E-state index is 0.380. The second-order valence-corrected chi connectivity index (χ2v) is 4.92. The van der Waals surface area contributed by atoms with Crippen LogP contribution >= 0.6 is 0 Å². The molecule has 0 saturated heterocycles. The molecule has 2 heteroatoms. The normalized spacial score (nSPS) is 19.3. The lowest BCUT2D eigenvalue weighted by atomic mass is 9.94. The van der Waals surface area contributed by atoms with Gasteiger partial charge < -0.3 is 0 Å². The highest BCUT2D eigenvalue weighted by Crippen LogP contribution is 2.17. The molecule has 0 fully saturated rings. The Labute approximate surface area is 99.7 Å². The van der Waals surface area contributed by atoms with Crippen molar-refractivity contribution in [3.63, 3.8) is 0 Å². The molecule has 0 radical (unpaired) electrons. The van der Waals surface area contributed by atoms with Crippen LogP contribution in [0.5, 0.6) is 0 Å². The molecule has 0 aliphatic carbocycles. The van der Waals surface area contributed by atoms with Gasteiger partial charge in [-0.2, -0.15) is 0 Å². The van der Waals surface area contributed by atoms with Crippen molar-refractivity contribution in [1.29, 1.82) is 0 Å². The summed E-state index contributed by atoms with van der Waals surface area (Å²) in [4.78, 5) is 14.4. The molecule has 1 heterocycles. The molecule has 1 unspecified atom stereocenters. The molecule has 92 valence electrons. The van der Waals surface area contributed by atoms with Crippen molar-refractivity contribution in [2.75, 3.05) is 19.6 Å². The van der Waals surface area contributed by atoms with Gasteiger partial charge in [0.25, 0.3) is 0 Å². The van der Waals surface area contributed by atoms with Gasteiger partial charge in [-0.1, -0.05) is 33.3 Å². The fraction of sp³-hybridized carbons (Fsp3) is 0.786. The fourth-order valence-electron chi connectivity index (χ4n) is 2.08. The maximum Gasteiger partial charge on any atom is 0.158 e. The van der Waals surface area contributed by atoms with E-state index in [1.54, 1.807) is 0 Å². The third-order valence-electron chi connectivity index (χ3n) is 3.42. The van der Waals surface area contributed by atoms with Gasteiger partial charge in [0.15, 0.2) is 5.78 Å². The van der Waals surface area contributed by atoms with E-state index in [0.717, 1.165) is 44.5 Å². The molecular formula is C14H25NO. The van der Waals surface area contributed by atoms with Gasteiger partial charge in [0.1, 0.15) is 0 Å². The van der Waals surface area contributed by atoms with Crippen molar-refractivity contribution in [2.24, 2.45) is 5.92 Å². The SMILES string of the molecule is CCCN1CC=C(C(=O)CC(C)CC)CC1. The van der Waals surface area contributed by atoms with E-state index in [-0.39, 0.29) is 0 Å². The second kappa shape index (κ2) is 6.85. The Kier molecular flexibility index (Phi) is 5.75. The zero-order valence-electron chi connectivity index (χ0n) is 11.0. The van der Waals surface area contributed by atoms with Crippen LogP contribution in [0.15, 0.2) is 11.6 Å². The predicted molar refractivity (Wildman–Crippen MR) is 68.5 cm³/mol. The smallest absolute Gasteiger partial charge is 0.158 e. The van der Waals surface area contributed by atoms with E-state index in [0.29, 0.717) is 11.7 Å². The average molecular weight is 223 g/mol. The van der Waals surface area contributed by atoms with Gasteiger partial charge in [0.05, 0.1) is 0 Å². The molecule has 0 bridgehead atoms. The lowest BCUT2D eigenvalue weighted by molar-refractivity contribution is -0.116. The van der Waals surface area contributed by atoms with Crippen molar-refractivity contribution in [3.05, 3.63) is 11.6 Å². The highest BCUT2D eigenvalue weighted by molar-refractivity contribution is 5.95. The van der Waals surface area contributed by atoms with E-state index in [9.17, 15) is 4.79 Å². The quantitative estimate of drug-likeness (QED) is 0.690. The van der Waals surface area contributed by atoms with Crippen LogP contribution in [0.1, 0.15) is 46.5 Å². The van der Waals surface area contributed by atoms with E-state index in [1.807, 2.05) is 0 Å². The van der Waals surface area contributed by atoms with Crippen molar-refractivity contribution < 1.29 is 4.79 Å². The van der Waals surface area contributed by atoms with Crippen LogP contribution in [0.2, 0.25) is 0 Å². The second-order valence-electron chi connectivity index (χ2n) is 4.92. The molecular weight excluding hydrogens is 198 g/mol. The van der Waals surface area contributed by atoms with E-state index < -0.39 is 0 Å². The Morgan fingerprint density at radius 1 is 1.50 bits per heavy atom. The van der Waals surface area contributed by atoms with E-state index in [4.69, 9.17) is 0 Å². The molecule has 0 saturated carbocycles. The van der Waals surface area contributed by atoms with Gasteiger partial charge in [-0.25, -0.2) is 0 Å². The fourth-order valence-corrected chi connectivity index (χ4v) is 2.08. The van der Waals surface area contributed by atoms with Gasteiger partial charge in [-0.15, -0.1) is 0 Å². The molecule has 1 rings (SSSR count). The maximum atomic E-state index is 11.9. The zero-order chi connectivity index (χ0) is 12.0. The molecule has 0 aromatic rings. The number of nitrogens with zero attached hydrogens (tertiary/aromatic N) is 1. The number of hydrogen-bond acceptors (Lipinski definition) is 2. The van der Waals surface area contributed by atoms with Gasteiger partial charge in [0.2, 0.25) is 0 Å². The average Bonchev–Trinajstić information content (AvgIpc) is 2.30. The predicted octanol–water partition coefficient (Wildman–Crippen LogP) is 3.03. The van der Waals surface area contributed by atoms with Crippen LogP contribution in [-0.4, -0.2) is 30.3 Å². The third-order valence-corrected chi connectivity index (χ3v) is 3.42. The standard InChI is InChI=1S/C14H25NO/c1-4-8-15-9-6-13(7-10-15)14(16)11-12(3)5-2/h6,12H,4-5,7-11H2,1-3H3. The summed E-state index contributed by atoms with van der Waals surface area (Å²) in [5.74, 6) is 0.910. The Morgan fingerprint density at radius 2 is 2.25 bits per heavy atom. The van der Waals surface area contributed by atoms with Crippen LogP contribution < -0.4 is 0 Å². The summed E-state index contributed by atoms with van der Waals surface area (Å²) in [6, 6.07) is 0. The first-order chi connectivity index (χ1) is 7.67. The monoisotopic (exact) mass is 223 g/mol. The topological polar surface area (TPSA) is 20.3 Å². The first kappa shape index (κ1) is 13.4. The highest BCUT2D eigenvalue weighted by Gasteiger charge is 2.17. The minimum Gasteiger partial charge on any atom is -0.299 e. The number of rotatable bonds is 6. The van der Waals surface area contributed by atoms with Crippen molar-refractivity contribution in [1.82, 2.24) is 4.90 Å². The Balaban J connectivity index is 2.41. The summed E-state index contributed by atoms with van der Waals surface area (Å²) in [7, 11) is 0. The molecule has 0 aromatic carbocycles. The van der Waals surface area contributed by atoms with Crippen molar-refractivity contribution in [3.8, 4) is 0 Å². The number of carbonyl (C=O) groups excluding carboxylic acids is 1. The van der Waals surface area contributed by atoms with Crippen LogP contribution in [0, 0.1) is 5.92 Å². The van der Waals surface area contributed by atoms with E-state index in [2.05, 4.69) is 31.7 Å². The summed E-state index contributed by atoms with van der Waals surface area (Å²) in [6.07, 6.45) is 6.13. The summed E-state index contributed by atoms with van der Waals surface area (Å²) < 4.78 is 0. The van der Waals surface area contributed by atoms with Crippen molar-refractivity contribution >= 4 is 5.78 Å². The Bertz CT molecular complexity index is 257. The van der Waals surface area contributed by atoms with Gasteiger partial charge in [-0.3, -0.25) is 9.69 Å². The van der Waals surface area contributed by atoms with Crippen LogP contribution in [-0.2, 0) is 4.79 Å². The molecule has 1 aliphatic heterocycles. The molecule has 0 amide bonds. The largest absolute Gasteiger partial charge is 0.299 e. The first-order valence-electron chi connectivity index (χ1n) is 6.61. The maximum absolute atomic E-state index is 11.9. The van der Waals surface area contributed by atoms with Gasteiger partial charge in [-0.05, 0) is 30.9 Å². The third kappa shape index (κ3) is 4.09. The summed E-state index contributed by atoms with van der Waals surface area (Å²) in [5.41, 5.74) is 1.08. The van der Waals surface area contributed by atoms with Crippen LogP contribution in [0.25, 0.3) is 0 Å². The molecule has 1 aliphatic rings. The lowest BCUT2D eigenvalue weighted by Crippen LogP contribution is -2.31. The first-order valence-corrected chi connectivity index (χ1v) is 6.61. The number of ketones is 1. The molecule has 1 atom stereocenters. The number of carbonyl (C=O) groups is 1. The summed E-state index contributed by atoms with van der Waals surface area (Å²) >= 11 is 0. The highest BCUT2D eigenvalue weighted by atomic mass is 16.1. The van der Waals surface area contributed by atoms with Crippen molar-refractivity contribution in [2.45, 2.75) is 46.5 Å². The molecule has 0 spiro atoms. The minimum absolute atomic E-state index is 0.380. The van der Waals surface area contributed by atoms with E-state index in [1.165, 1.54) is 6.42 Å². The number of hydrogen-bond donors (Lipinski definition) is 0.